The maximum atomic E-state index is 15.0. The van der Waals surface area contributed by atoms with Crippen molar-refractivity contribution >= 4 is 11.0 Å². The van der Waals surface area contributed by atoms with E-state index in [1.54, 1.807) is 6.07 Å². The van der Waals surface area contributed by atoms with Gasteiger partial charge in [-0.3, -0.25) is 4.79 Å². The van der Waals surface area contributed by atoms with Gasteiger partial charge >= 0.3 is 0 Å². The van der Waals surface area contributed by atoms with Gasteiger partial charge in [-0.1, -0.05) is 156 Å². The van der Waals surface area contributed by atoms with E-state index in [0.29, 0.717) is 59.5 Å². The first-order chi connectivity index (χ1) is 26.4. The number of fused-ring (bicyclic) bond motifs is 1. The molecule has 1 heterocycles. The second-order valence-electron chi connectivity index (χ2n) is 15.4. The molecule has 2 aromatic carbocycles. The van der Waals surface area contributed by atoms with Gasteiger partial charge in [-0.05, 0) is 56.7 Å². The largest absolute Gasteiger partial charge is 0.507 e. The van der Waals surface area contributed by atoms with Crippen LogP contribution >= 0.6 is 0 Å². The van der Waals surface area contributed by atoms with Gasteiger partial charge in [0.05, 0.1) is 13.2 Å². The highest BCUT2D eigenvalue weighted by atomic mass is 16.5. The van der Waals surface area contributed by atoms with Gasteiger partial charge < -0.3 is 29.2 Å². The molecule has 0 spiro atoms. The molecule has 1 aromatic heterocycles. The lowest BCUT2D eigenvalue weighted by Crippen LogP contribution is -2.15. The number of aryl methyl sites for hydroxylation is 1. The third-order valence-corrected chi connectivity index (χ3v) is 10.7. The summed E-state index contributed by atoms with van der Waals surface area (Å²) in [7, 11) is 0. The van der Waals surface area contributed by atoms with Gasteiger partial charge in [-0.25, -0.2) is 0 Å². The van der Waals surface area contributed by atoms with Gasteiger partial charge in [0, 0.05) is 16.7 Å². The second kappa shape index (κ2) is 26.5. The Labute approximate surface area is 326 Å². The van der Waals surface area contributed by atoms with Crippen LogP contribution in [0.5, 0.6) is 28.7 Å². The molecule has 0 aliphatic carbocycles. The lowest BCUT2D eigenvalue weighted by Gasteiger charge is -2.21. The minimum absolute atomic E-state index is 0.0762. The lowest BCUT2D eigenvalue weighted by atomic mass is 9.94. The highest BCUT2D eigenvalue weighted by molar-refractivity contribution is 5.93. The van der Waals surface area contributed by atoms with Gasteiger partial charge in [0.2, 0.25) is 11.2 Å². The summed E-state index contributed by atoms with van der Waals surface area (Å²) in [4.78, 5) is 15.0. The van der Waals surface area contributed by atoms with Crippen molar-refractivity contribution in [1.29, 1.82) is 0 Å². The van der Waals surface area contributed by atoms with E-state index in [0.717, 1.165) is 77.0 Å². The number of rotatable bonds is 31. The highest BCUT2D eigenvalue weighted by Gasteiger charge is 2.28. The second-order valence-corrected chi connectivity index (χ2v) is 15.4. The van der Waals surface area contributed by atoms with E-state index in [9.17, 15) is 20.1 Å². The molecule has 3 rings (SSSR count). The number of phenols is 3. The van der Waals surface area contributed by atoms with Gasteiger partial charge in [0.1, 0.15) is 22.5 Å². The SMILES string of the molecule is CCCCCCCCOc1c(-c2ccc(O)c(O)c2)oc2c(CCCCCCCC)c(O)c(CCCCCCCC)c(OCCCCCCCC)c2c1=O. The van der Waals surface area contributed by atoms with Gasteiger partial charge in [-0.15, -0.1) is 0 Å². The molecule has 304 valence electrons. The quantitative estimate of drug-likeness (QED) is 0.0443. The third-order valence-electron chi connectivity index (χ3n) is 10.7. The van der Waals surface area contributed by atoms with Gasteiger partial charge in [-0.2, -0.15) is 0 Å². The van der Waals surface area contributed by atoms with Crippen LogP contribution in [0.3, 0.4) is 0 Å². The predicted molar refractivity (Wildman–Crippen MR) is 225 cm³/mol. The first kappa shape index (κ1) is 45.0. The Morgan fingerprint density at radius 3 is 1.46 bits per heavy atom. The summed E-state index contributed by atoms with van der Waals surface area (Å²) in [6.45, 7) is 9.65. The summed E-state index contributed by atoms with van der Waals surface area (Å²) < 4.78 is 19.7. The molecule has 54 heavy (non-hydrogen) atoms. The molecule has 0 fully saturated rings. The number of benzene rings is 2. The Hall–Kier alpha value is -3.35. The summed E-state index contributed by atoms with van der Waals surface area (Å²) in [5.74, 6) is 0.280. The molecule has 3 aromatic rings. The molecular formula is C47H74O7. The highest BCUT2D eigenvalue weighted by Crippen LogP contribution is 2.45. The van der Waals surface area contributed by atoms with Crippen LogP contribution in [-0.2, 0) is 12.8 Å². The predicted octanol–water partition coefficient (Wildman–Crippen LogP) is 13.9. The van der Waals surface area contributed by atoms with E-state index in [1.807, 2.05) is 0 Å². The minimum Gasteiger partial charge on any atom is -0.507 e. The average molecular weight is 751 g/mol. The topological polar surface area (TPSA) is 109 Å². The number of hydrogen-bond donors (Lipinski definition) is 3. The van der Waals surface area contributed by atoms with E-state index >= 15 is 0 Å². The normalized spacial score (nSPS) is 11.5. The van der Waals surface area contributed by atoms with E-state index in [-0.39, 0.29) is 34.2 Å². The maximum absolute atomic E-state index is 15.0. The molecule has 0 saturated heterocycles. The van der Waals surface area contributed by atoms with Gasteiger partial charge in [0.25, 0.3) is 0 Å². The summed E-state index contributed by atoms with van der Waals surface area (Å²) in [5, 5.41) is 33.2. The zero-order valence-corrected chi connectivity index (χ0v) is 34.5. The standard InChI is InChI=1S/C47H74O7/c1-5-9-13-17-21-25-29-37-42(50)38(30-26-22-18-14-10-6-2)46-41(45(37)52-33-27-23-19-15-11-7-3)43(51)47(53-34-28-24-20-16-12-8-4)44(54-46)36-31-32-39(48)40(49)35-36/h31-32,35,48-50H,5-30,33-34H2,1-4H3. The van der Waals surface area contributed by atoms with Crippen molar-refractivity contribution in [2.24, 2.45) is 0 Å². The van der Waals surface area contributed by atoms with Crippen LogP contribution in [0.25, 0.3) is 22.3 Å². The molecule has 3 N–H and O–H groups in total. The molecule has 7 nitrogen and oxygen atoms in total. The van der Waals surface area contributed by atoms with Gasteiger partial charge in [0.15, 0.2) is 17.3 Å². The summed E-state index contributed by atoms with van der Waals surface area (Å²) in [5.41, 5.74) is 1.76. The summed E-state index contributed by atoms with van der Waals surface area (Å²) >= 11 is 0. The molecule has 0 atom stereocenters. The fraction of sp³-hybridized carbons (Fsp3) is 0.681. The van der Waals surface area contributed by atoms with Crippen LogP contribution in [0, 0.1) is 0 Å². The van der Waals surface area contributed by atoms with E-state index < -0.39 is 0 Å². The smallest absolute Gasteiger partial charge is 0.239 e. The Morgan fingerprint density at radius 1 is 0.519 bits per heavy atom. The zero-order valence-electron chi connectivity index (χ0n) is 34.5. The monoisotopic (exact) mass is 751 g/mol. The molecule has 0 aliphatic rings. The Balaban J connectivity index is 2.17. The third kappa shape index (κ3) is 14.4. The average Bonchev–Trinajstić information content (AvgIpc) is 3.17. The molecule has 0 aliphatic heterocycles. The molecule has 0 amide bonds. The van der Waals surface area contributed by atoms with Crippen LogP contribution in [0.1, 0.15) is 193 Å². The molecule has 0 unspecified atom stereocenters. The number of ether oxygens (including phenoxy) is 2. The number of phenolic OH excluding ortho intramolecular Hbond substituents is 3. The van der Waals surface area contributed by atoms with E-state index in [1.165, 1.54) is 89.2 Å². The number of unbranched alkanes of at least 4 members (excludes halogenated alkanes) is 20. The van der Waals surface area contributed by atoms with Crippen LogP contribution in [0.15, 0.2) is 27.4 Å². The molecule has 0 radical (unpaired) electrons. The van der Waals surface area contributed by atoms with Crippen molar-refractivity contribution in [3.8, 4) is 40.1 Å². The fourth-order valence-corrected chi connectivity index (χ4v) is 7.37. The summed E-state index contributed by atoms with van der Waals surface area (Å²) in [6, 6.07) is 4.40. The van der Waals surface area contributed by atoms with Crippen LogP contribution in [0.2, 0.25) is 0 Å². The number of aromatic hydroxyl groups is 3. The Kier molecular flexibility index (Phi) is 22.1. The van der Waals surface area contributed by atoms with E-state index in [2.05, 4.69) is 27.7 Å². The lowest BCUT2D eigenvalue weighted by molar-refractivity contribution is 0.293. The first-order valence-corrected chi connectivity index (χ1v) is 22.0. The van der Waals surface area contributed by atoms with Crippen molar-refractivity contribution in [2.75, 3.05) is 13.2 Å². The van der Waals surface area contributed by atoms with Crippen LogP contribution < -0.4 is 14.9 Å². The Bertz CT molecular complexity index is 1540. The zero-order chi connectivity index (χ0) is 39.0. The minimum atomic E-state index is -0.323. The van der Waals surface area contributed by atoms with Crippen molar-refractivity contribution in [2.45, 2.75) is 195 Å². The van der Waals surface area contributed by atoms with E-state index in [4.69, 9.17) is 13.9 Å². The molecule has 7 heteroatoms. The Morgan fingerprint density at radius 2 is 0.963 bits per heavy atom. The molecule has 0 saturated carbocycles. The molecule has 0 bridgehead atoms. The number of hydrogen-bond acceptors (Lipinski definition) is 7. The summed E-state index contributed by atoms with van der Waals surface area (Å²) in [6.07, 6.45) is 27.6. The van der Waals surface area contributed by atoms with Crippen molar-refractivity contribution in [3.63, 3.8) is 0 Å². The fourth-order valence-electron chi connectivity index (χ4n) is 7.37. The van der Waals surface area contributed by atoms with Crippen LogP contribution in [-0.4, -0.2) is 28.5 Å². The maximum Gasteiger partial charge on any atom is 0.239 e. The van der Waals surface area contributed by atoms with Crippen molar-refractivity contribution in [1.82, 2.24) is 0 Å². The van der Waals surface area contributed by atoms with Crippen LogP contribution in [0.4, 0.5) is 0 Å². The van der Waals surface area contributed by atoms with Crippen molar-refractivity contribution < 1.29 is 29.2 Å². The molecular weight excluding hydrogens is 677 g/mol. The van der Waals surface area contributed by atoms with Crippen molar-refractivity contribution in [3.05, 3.63) is 39.5 Å². The first-order valence-electron chi connectivity index (χ1n) is 22.0.